The Bertz CT molecular complexity index is 347. The molecule has 9 heteroatoms. The molecular formula is C5H8ClN5O3. The van der Waals surface area contributed by atoms with Crippen LogP contribution in [0.1, 0.15) is 0 Å². The lowest BCUT2D eigenvalue weighted by molar-refractivity contribution is -0.126. The first-order chi connectivity index (χ1) is 5.27. The van der Waals surface area contributed by atoms with E-state index in [9.17, 15) is 4.79 Å². The van der Waals surface area contributed by atoms with Crippen LogP contribution in [0.4, 0.5) is 0 Å². The van der Waals surface area contributed by atoms with Gasteiger partial charge in [-0.25, -0.2) is 15.1 Å². The minimum atomic E-state index is -0.356. The molecule has 14 heavy (non-hydrogen) atoms. The fourth-order valence-corrected chi connectivity index (χ4v) is 0.820. The number of rotatable bonds is 0. The summed E-state index contributed by atoms with van der Waals surface area (Å²) in [5.41, 5.74) is 0.221. The topological polar surface area (TPSA) is 155 Å². The summed E-state index contributed by atoms with van der Waals surface area (Å²) in [6.07, 6.45) is 1.27. The minimum Gasteiger partial charge on any atom is -1.00 e. The van der Waals surface area contributed by atoms with Crippen molar-refractivity contribution < 1.29 is 33.6 Å². The highest BCUT2D eigenvalue weighted by atomic mass is 35.5. The predicted molar refractivity (Wildman–Crippen MR) is 45.7 cm³/mol. The van der Waals surface area contributed by atoms with Crippen LogP contribution in [-0.4, -0.2) is 40.7 Å². The Hall–Kier alpha value is -1.64. The van der Waals surface area contributed by atoms with Gasteiger partial charge in [-0.2, -0.15) is 4.99 Å². The predicted octanol–water partition coefficient (Wildman–Crippen LogP) is -7.53. The molecule has 0 atom stereocenters. The van der Waals surface area contributed by atoms with Crippen LogP contribution in [0.15, 0.2) is 15.0 Å². The van der Waals surface area contributed by atoms with E-state index < -0.39 is 0 Å². The van der Waals surface area contributed by atoms with Gasteiger partial charge in [-0.1, -0.05) is 0 Å². The van der Waals surface area contributed by atoms with Crippen molar-refractivity contribution in [2.24, 2.45) is 15.0 Å². The minimum absolute atomic E-state index is 0. The van der Waals surface area contributed by atoms with E-state index in [0.717, 1.165) is 0 Å². The highest BCUT2D eigenvalue weighted by molar-refractivity contribution is 6.71. The number of hydrogen-bond acceptors (Lipinski definition) is 3. The fraction of sp³-hybridized carbons (Fsp3) is 0. The van der Waals surface area contributed by atoms with Gasteiger partial charge in [0.15, 0.2) is 0 Å². The zero-order valence-electron chi connectivity index (χ0n) is 6.78. The van der Waals surface area contributed by atoms with E-state index in [4.69, 9.17) is 5.41 Å². The van der Waals surface area contributed by atoms with Crippen molar-refractivity contribution in [3.05, 3.63) is 0 Å². The molecule has 0 fully saturated rings. The van der Waals surface area contributed by atoms with Crippen LogP contribution >= 0.6 is 0 Å². The van der Waals surface area contributed by atoms with Gasteiger partial charge in [0.25, 0.3) is 5.84 Å². The second-order valence-electron chi connectivity index (χ2n) is 2.00. The molecule has 0 saturated heterocycles. The number of aliphatic imine (C=N–C) groups is 3. The SMILES string of the molecule is O.O.[Cl-].[NH2+]=C1N=C2N=CN=C2C(=O)N1. The van der Waals surface area contributed by atoms with E-state index in [1.165, 1.54) is 6.34 Å². The number of nitrogens with one attached hydrogen (secondary N) is 1. The van der Waals surface area contributed by atoms with Crippen LogP contribution in [0.25, 0.3) is 0 Å². The number of amidine groups is 1. The first-order valence-corrected chi connectivity index (χ1v) is 2.90. The van der Waals surface area contributed by atoms with Crippen molar-refractivity contribution in [3.8, 4) is 0 Å². The van der Waals surface area contributed by atoms with E-state index in [-0.39, 0.29) is 46.8 Å². The van der Waals surface area contributed by atoms with Gasteiger partial charge in [-0.05, 0) is 4.99 Å². The Morgan fingerprint density at radius 2 is 2.00 bits per heavy atom. The van der Waals surface area contributed by atoms with Gasteiger partial charge in [0.2, 0.25) is 5.71 Å². The molecule has 7 N–H and O–H groups in total. The van der Waals surface area contributed by atoms with E-state index in [0.29, 0.717) is 0 Å². The molecule has 2 aliphatic heterocycles. The average molecular weight is 222 g/mol. The lowest BCUT2D eigenvalue weighted by Gasteiger charge is -1.99. The molecule has 0 unspecified atom stereocenters. The number of carbonyl (C=O) groups is 1. The summed E-state index contributed by atoms with van der Waals surface area (Å²) >= 11 is 0. The second kappa shape index (κ2) is 5.17. The summed E-state index contributed by atoms with van der Waals surface area (Å²) in [4.78, 5) is 22.1. The molecule has 78 valence electrons. The number of amides is 1. The molecule has 0 aromatic heterocycles. The Morgan fingerprint density at radius 3 is 2.64 bits per heavy atom. The van der Waals surface area contributed by atoms with Crippen molar-refractivity contribution >= 4 is 29.8 Å². The quantitative estimate of drug-likeness (QED) is 0.410. The van der Waals surface area contributed by atoms with Crippen LogP contribution in [0, 0.1) is 0 Å². The highest BCUT2D eigenvalue weighted by Crippen LogP contribution is 1.98. The molecule has 0 saturated carbocycles. The first-order valence-electron chi connectivity index (χ1n) is 2.90. The summed E-state index contributed by atoms with van der Waals surface area (Å²) in [6.45, 7) is 0. The van der Waals surface area contributed by atoms with E-state index in [1.54, 1.807) is 0 Å². The van der Waals surface area contributed by atoms with Gasteiger partial charge < -0.3 is 23.4 Å². The zero-order chi connectivity index (χ0) is 7.84. The third-order valence-electron chi connectivity index (χ3n) is 1.26. The van der Waals surface area contributed by atoms with Gasteiger partial charge in [0, 0.05) is 0 Å². The smallest absolute Gasteiger partial charge is 0.392 e. The number of nitrogens with two attached hydrogens (primary N) is 1. The molecule has 2 rings (SSSR count). The van der Waals surface area contributed by atoms with Crippen molar-refractivity contribution in [3.63, 3.8) is 0 Å². The summed E-state index contributed by atoms with van der Waals surface area (Å²) in [7, 11) is 0. The molecule has 2 heterocycles. The summed E-state index contributed by atoms with van der Waals surface area (Å²) in [5.74, 6) is -0.0146. The van der Waals surface area contributed by atoms with Crippen molar-refractivity contribution in [2.75, 3.05) is 0 Å². The monoisotopic (exact) mass is 221 g/mol. The van der Waals surface area contributed by atoms with Gasteiger partial charge in [-0.3, -0.25) is 5.41 Å². The molecule has 0 aromatic rings. The number of guanidine groups is 1. The third-order valence-corrected chi connectivity index (χ3v) is 1.26. The van der Waals surface area contributed by atoms with Gasteiger partial charge in [0.05, 0.1) is 0 Å². The zero-order valence-corrected chi connectivity index (χ0v) is 7.54. The van der Waals surface area contributed by atoms with Crippen LogP contribution in [-0.2, 0) is 4.79 Å². The lowest BCUT2D eigenvalue weighted by atomic mass is 10.3. The molecule has 1 amide bonds. The maximum atomic E-state index is 11.0. The van der Waals surface area contributed by atoms with Crippen LogP contribution in [0.3, 0.4) is 0 Å². The number of hydrogen-bond donors (Lipinski definition) is 2. The standard InChI is InChI=1S/C5H3N5O.ClH.2H2O/c6-5-9-3-2(4(11)10-5)7-1-8-3;;;/h1H,(H2,6,10,11);1H;2*1H2. The fourth-order valence-electron chi connectivity index (χ4n) is 0.820. The Morgan fingerprint density at radius 1 is 1.36 bits per heavy atom. The number of halogens is 1. The first kappa shape index (κ1) is 14.9. The number of carbonyl (C=O) groups excluding carboxylic acids is 1. The van der Waals surface area contributed by atoms with Crippen LogP contribution < -0.4 is 23.1 Å². The van der Waals surface area contributed by atoms with Gasteiger partial charge in [-0.15, -0.1) is 0 Å². The molecule has 0 bridgehead atoms. The summed E-state index contributed by atoms with van der Waals surface area (Å²) < 4.78 is 0. The maximum absolute atomic E-state index is 11.0. The maximum Gasteiger partial charge on any atom is 0.392 e. The molecule has 2 aliphatic rings. The van der Waals surface area contributed by atoms with Gasteiger partial charge in [0.1, 0.15) is 6.34 Å². The third kappa shape index (κ3) is 2.19. The molecule has 0 radical (unpaired) electrons. The van der Waals surface area contributed by atoms with E-state index >= 15 is 0 Å². The molecule has 0 spiro atoms. The number of fused-ring (bicyclic) bond motifs is 1. The second-order valence-corrected chi connectivity index (χ2v) is 2.00. The highest BCUT2D eigenvalue weighted by Gasteiger charge is 2.32. The van der Waals surface area contributed by atoms with Gasteiger partial charge >= 0.3 is 11.9 Å². The Balaban J connectivity index is 0. The Kier molecular flexibility index (Phi) is 5.49. The Labute approximate surface area is 84.4 Å². The molecule has 0 aromatic carbocycles. The largest absolute Gasteiger partial charge is 1.00 e. The van der Waals surface area contributed by atoms with Crippen LogP contribution in [0.2, 0.25) is 0 Å². The summed E-state index contributed by atoms with van der Waals surface area (Å²) in [6, 6.07) is 0. The van der Waals surface area contributed by atoms with Crippen molar-refractivity contribution in [2.45, 2.75) is 0 Å². The molecule has 0 aliphatic carbocycles. The summed E-state index contributed by atoms with van der Waals surface area (Å²) in [5, 5.41) is 7.56. The van der Waals surface area contributed by atoms with Crippen LogP contribution in [0.5, 0.6) is 0 Å². The molecular weight excluding hydrogens is 214 g/mol. The van der Waals surface area contributed by atoms with E-state index in [2.05, 4.69) is 20.3 Å². The molecule has 8 nitrogen and oxygen atoms in total. The number of nitrogens with zero attached hydrogens (tertiary/aromatic N) is 3. The lowest BCUT2D eigenvalue weighted by Crippen LogP contribution is -3.00. The van der Waals surface area contributed by atoms with Crippen molar-refractivity contribution in [1.29, 1.82) is 0 Å². The average Bonchev–Trinajstić information content (AvgIpc) is 2.34. The normalized spacial score (nSPS) is 16.3. The van der Waals surface area contributed by atoms with E-state index in [1.807, 2.05) is 0 Å². The van der Waals surface area contributed by atoms with Crippen molar-refractivity contribution in [1.82, 2.24) is 5.32 Å².